The number of benzene rings is 2. The molecule has 0 saturated carbocycles. The van der Waals surface area contributed by atoms with Crippen LogP contribution in [0.25, 0.3) is 22.3 Å². The first-order valence-corrected chi connectivity index (χ1v) is 8.18. The first-order chi connectivity index (χ1) is 11.7. The number of ether oxygens (including phenoxy) is 1. The van der Waals surface area contributed by atoms with Gasteiger partial charge in [0.05, 0.1) is 18.0 Å². The highest BCUT2D eigenvalue weighted by molar-refractivity contribution is 5.83. The zero-order chi connectivity index (χ0) is 16.5. The van der Waals surface area contributed by atoms with Crippen LogP contribution in [0.15, 0.2) is 47.3 Å². The summed E-state index contributed by atoms with van der Waals surface area (Å²) >= 11 is 0. The molecule has 3 aromatic rings. The Balaban J connectivity index is 1.76. The minimum absolute atomic E-state index is 0.105. The molecular formula is C19H19N3O2. The molecule has 1 aliphatic rings. The molecule has 0 spiro atoms. The number of aromatic nitrogens is 2. The maximum Gasteiger partial charge on any atom is 0.259 e. The molecule has 0 amide bonds. The van der Waals surface area contributed by atoms with Gasteiger partial charge in [-0.25, -0.2) is 4.98 Å². The predicted molar refractivity (Wildman–Crippen MR) is 95.8 cm³/mol. The molecule has 5 heteroatoms. The van der Waals surface area contributed by atoms with Crippen LogP contribution in [0.3, 0.4) is 0 Å². The molecule has 1 aliphatic heterocycles. The van der Waals surface area contributed by atoms with E-state index in [0.717, 1.165) is 30.1 Å². The molecule has 5 nitrogen and oxygen atoms in total. The van der Waals surface area contributed by atoms with Crippen molar-refractivity contribution in [2.75, 3.05) is 25.1 Å². The molecule has 1 saturated heterocycles. The standard InChI is InChI=1S/C19H19N3O2/c1-24-15-7-4-13(5-8-15)18-20-17-9-6-14(22-10-2-3-11-22)12-16(17)19(23)21-18/h4-9,12H,2-3,10-11H2,1H3,(H,20,21,23). The fraction of sp³-hybridized carbons (Fsp3) is 0.263. The summed E-state index contributed by atoms with van der Waals surface area (Å²) in [6.07, 6.45) is 2.42. The Bertz CT molecular complexity index is 925. The number of anilines is 1. The van der Waals surface area contributed by atoms with Crippen molar-refractivity contribution in [2.24, 2.45) is 0 Å². The van der Waals surface area contributed by atoms with Crippen molar-refractivity contribution in [2.45, 2.75) is 12.8 Å². The summed E-state index contributed by atoms with van der Waals surface area (Å²) in [5.74, 6) is 1.35. The van der Waals surface area contributed by atoms with Crippen molar-refractivity contribution in [3.05, 3.63) is 52.8 Å². The Hall–Kier alpha value is -2.82. The van der Waals surface area contributed by atoms with E-state index < -0.39 is 0 Å². The number of methoxy groups -OCH3 is 1. The molecule has 0 aliphatic carbocycles. The van der Waals surface area contributed by atoms with Gasteiger partial charge in [0, 0.05) is 24.3 Å². The second-order valence-corrected chi connectivity index (χ2v) is 6.04. The van der Waals surface area contributed by atoms with Crippen molar-refractivity contribution < 1.29 is 4.74 Å². The SMILES string of the molecule is COc1ccc(-c2nc3ccc(N4CCCC4)cc3c(=O)[nH]2)cc1. The molecule has 0 unspecified atom stereocenters. The molecular weight excluding hydrogens is 302 g/mol. The van der Waals surface area contributed by atoms with Crippen LogP contribution in [0, 0.1) is 0 Å². The van der Waals surface area contributed by atoms with Gasteiger partial charge >= 0.3 is 0 Å². The summed E-state index contributed by atoms with van der Waals surface area (Å²) in [7, 11) is 1.63. The lowest BCUT2D eigenvalue weighted by atomic mass is 10.1. The number of H-pyrrole nitrogens is 1. The van der Waals surface area contributed by atoms with E-state index in [1.807, 2.05) is 36.4 Å². The van der Waals surface area contributed by atoms with E-state index in [1.54, 1.807) is 7.11 Å². The number of aromatic amines is 1. The summed E-state index contributed by atoms with van der Waals surface area (Å²) < 4.78 is 5.16. The topological polar surface area (TPSA) is 58.2 Å². The van der Waals surface area contributed by atoms with Crippen molar-refractivity contribution in [3.8, 4) is 17.1 Å². The minimum atomic E-state index is -0.105. The number of nitrogens with one attached hydrogen (secondary N) is 1. The zero-order valence-corrected chi connectivity index (χ0v) is 13.6. The van der Waals surface area contributed by atoms with Gasteiger partial charge in [0.1, 0.15) is 11.6 Å². The summed E-state index contributed by atoms with van der Waals surface area (Å²) in [6, 6.07) is 13.4. The third-order valence-electron chi connectivity index (χ3n) is 4.52. The van der Waals surface area contributed by atoms with Crippen molar-refractivity contribution in [1.29, 1.82) is 0 Å². The van der Waals surface area contributed by atoms with E-state index in [9.17, 15) is 4.79 Å². The summed E-state index contributed by atoms with van der Waals surface area (Å²) in [6.45, 7) is 2.11. The van der Waals surface area contributed by atoms with Crippen LogP contribution in [0.4, 0.5) is 5.69 Å². The molecule has 0 atom stereocenters. The molecule has 0 bridgehead atoms. The predicted octanol–water partition coefficient (Wildman–Crippen LogP) is 3.20. The second kappa shape index (κ2) is 6.00. The number of hydrogen-bond acceptors (Lipinski definition) is 4. The highest BCUT2D eigenvalue weighted by Crippen LogP contribution is 2.24. The summed E-state index contributed by atoms with van der Waals surface area (Å²) in [5.41, 5.74) is 2.57. The van der Waals surface area contributed by atoms with Crippen LogP contribution < -0.4 is 15.2 Å². The maximum absolute atomic E-state index is 12.5. The molecule has 2 heterocycles. The molecule has 1 fully saturated rings. The number of nitrogens with zero attached hydrogens (tertiary/aromatic N) is 2. The Morgan fingerprint density at radius 2 is 1.83 bits per heavy atom. The van der Waals surface area contributed by atoms with Gasteiger partial charge in [0.2, 0.25) is 0 Å². The number of rotatable bonds is 3. The smallest absolute Gasteiger partial charge is 0.259 e. The Kier molecular flexibility index (Phi) is 3.69. The van der Waals surface area contributed by atoms with Gasteiger partial charge in [-0.2, -0.15) is 0 Å². The molecule has 2 aromatic carbocycles. The molecule has 4 rings (SSSR count). The van der Waals surface area contributed by atoms with Crippen LogP contribution in [-0.2, 0) is 0 Å². The third kappa shape index (κ3) is 2.62. The van der Waals surface area contributed by atoms with Gasteiger partial charge in [0.15, 0.2) is 0 Å². The number of hydrogen-bond donors (Lipinski definition) is 1. The minimum Gasteiger partial charge on any atom is -0.497 e. The highest BCUT2D eigenvalue weighted by atomic mass is 16.5. The first kappa shape index (κ1) is 14.8. The Morgan fingerprint density at radius 1 is 1.08 bits per heavy atom. The van der Waals surface area contributed by atoms with E-state index in [2.05, 4.69) is 20.9 Å². The molecule has 0 radical (unpaired) electrons. The van der Waals surface area contributed by atoms with Gasteiger partial charge in [0.25, 0.3) is 5.56 Å². The normalized spacial score (nSPS) is 14.3. The second-order valence-electron chi connectivity index (χ2n) is 6.04. The van der Waals surface area contributed by atoms with Gasteiger partial charge in [-0.15, -0.1) is 0 Å². The molecule has 1 aromatic heterocycles. The quantitative estimate of drug-likeness (QED) is 0.805. The van der Waals surface area contributed by atoms with E-state index in [0.29, 0.717) is 16.7 Å². The van der Waals surface area contributed by atoms with Gasteiger partial charge in [-0.1, -0.05) is 0 Å². The first-order valence-electron chi connectivity index (χ1n) is 8.18. The summed E-state index contributed by atoms with van der Waals surface area (Å²) in [5, 5.41) is 0.636. The fourth-order valence-corrected chi connectivity index (χ4v) is 3.18. The maximum atomic E-state index is 12.5. The van der Waals surface area contributed by atoms with Crippen molar-refractivity contribution in [3.63, 3.8) is 0 Å². The van der Waals surface area contributed by atoms with Crippen molar-refractivity contribution >= 4 is 16.6 Å². The Labute approximate surface area is 139 Å². The van der Waals surface area contributed by atoms with E-state index >= 15 is 0 Å². The van der Waals surface area contributed by atoms with E-state index in [-0.39, 0.29) is 5.56 Å². The monoisotopic (exact) mass is 321 g/mol. The van der Waals surface area contributed by atoms with Crippen LogP contribution in [-0.4, -0.2) is 30.2 Å². The number of fused-ring (bicyclic) bond motifs is 1. The molecule has 1 N–H and O–H groups in total. The lowest BCUT2D eigenvalue weighted by Gasteiger charge is -2.17. The highest BCUT2D eigenvalue weighted by Gasteiger charge is 2.14. The lowest BCUT2D eigenvalue weighted by Crippen LogP contribution is -2.18. The third-order valence-corrected chi connectivity index (χ3v) is 4.52. The van der Waals surface area contributed by atoms with Gasteiger partial charge in [-0.3, -0.25) is 4.79 Å². The van der Waals surface area contributed by atoms with Crippen LogP contribution in [0.5, 0.6) is 5.75 Å². The lowest BCUT2D eigenvalue weighted by molar-refractivity contribution is 0.415. The average molecular weight is 321 g/mol. The van der Waals surface area contributed by atoms with Crippen LogP contribution >= 0.6 is 0 Å². The molecule has 122 valence electrons. The van der Waals surface area contributed by atoms with Crippen LogP contribution in [0.2, 0.25) is 0 Å². The van der Waals surface area contributed by atoms with Crippen molar-refractivity contribution in [1.82, 2.24) is 9.97 Å². The molecule has 24 heavy (non-hydrogen) atoms. The van der Waals surface area contributed by atoms with Crippen LogP contribution in [0.1, 0.15) is 12.8 Å². The summed E-state index contributed by atoms with van der Waals surface area (Å²) in [4.78, 5) is 22.4. The van der Waals surface area contributed by atoms with E-state index in [4.69, 9.17) is 4.74 Å². The zero-order valence-electron chi connectivity index (χ0n) is 13.6. The average Bonchev–Trinajstić information content (AvgIpc) is 3.16. The fourth-order valence-electron chi connectivity index (χ4n) is 3.18. The van der Waals surface area contributed by atoms with Gasteiger partial charge < -0.3 is 14.6 Å². The largest absolute Gasteiger partial charge is 0.497 e. The Morgan fingerprint density at radius 3 is 2.54 bits per heavy atom. The van der Waals surface area contributed by atoms with E-state index in [1.165, 1.54) is 12.8 Å². The van der Waals surface area contributed by atoms with Gasteiger partial charge in [-0.05, 0) is 55.3 Å².